The zero-order chi connectivity index (χ0) is 9.80. The smallest absolute Gasteiger partial charge is 0.148 e. The number of aromatic amines is 1. The highest BCUT2D eigenvalue weighted by molar-refractivity contribution is 5.32. The van der Waals surface area contributed by atoms with E-state index in [0.29, 0.717) is 6.54 Å². The SMILES string of the molecule is Cc1cc(CNc2cccnn2)n[nH]1. The number of anilines is 1. The molecule has 0 saturated carbocycles. The molecule has 0 spiro atoms. The molecule has 2 N–H and O–H groups in total. The van der Waals surface area contributed by atoms with E-state index < -0.39 is 0 Å². The molecule has 0 aromatic carbocycles. The summed E-state index contributed by atoms with van der Waals surface area (Å²) in [6, 6.07) is 5.70. The van der Waals surface area contributed by atoms with E-state index in [1.54, 1.807) is 6.20 Å². The Bertz CT molecular complexity index is 395. The summed E-state index contributed by atoms with van der Waals surface area (Å²) in [6.45, 7) is 2.63. The summed E-state index contributed by atoms with van der Waals surface area (Å²) in [5.41, 5.74) is 2.02. The van der Waals surface area contributed by atoms with Gasteiger partial charge in [-0.1, -0.05) is 0 Å². The molecule has 0 aliphatic rings. The van der Waals surface area contributed by atoms with Crippen LogP contribution in [-0.2, 0) is 6.54 Å². The molecular weight excluding hydrogens is 178 g/mol. The van der Waals surface area contributed by atoms with E-state index in [1.165, 1.54) is 0 Å². The number of aryl methyl sites for hydroxylation is 1. The van der Waals surface area contributed by atoms with Crippen LogP contribution >= 0.6 is 0 Å². The summed E-state index contributed by atoms with van der Waals surface area (Å²) >= 11 is 0. The Hall–Kier alpha value is -1.91. The van der Waals surface area contributed by atoms with Crippen molar-refractivity contribution in [1.29, 1.82) is 0 Å². The fourth-order valence-electron chi connectivity index (χ4n) is 1.14. The molecule has 0 aliphatic carbocycles. The normalized spacial score (nSPS) is 10.1. The van der Waals surface area contributed by atoms with Crippen LogP contribution in [0.2, 0.25) is 0 Å². The molecule has 0 fully saturated rings. The Morgan fingerprint density at radius 1 is 1.50 bits per heavy atom. The predicted octanol–water partition coefficient (Wildman–Crippen LogP) is 1.12. The monoisotopic (exact) mass is 189 g/mol. The molecule has 14 heavy (non-hydrogen) atoms. The fourth-order valence-corrected chi connectivity index (χ4v) is 1.14. The summed E-state index contributed by atoms with van der Waals surface area (Å²) in [4.78, 5) is 0. The molecule has 0 bridgehead atoms. The van der Waals surface area contributed by atoms with Crippen molar-refractivity contribution in [3.05, 3.63) is 35.8 Å². The first-order chi connectivity index (χ1) is 6.84. The van der Waals surface area contributed by atoms with Gasteiger partial charge in [-0.2, -0.15) is 10.2 Å². The van der Waals surface area contributed by atoms with Gasteiger partial charge in [0.2, 0.25) is 0 Å². The summed E-state index contributed by atoms with van der Waals surface area (Å²) in [5.74, 6) is 0.758. The second-order valence-corrected chi connectivity index (χ2v) is 3.00. The van der Waals surface area contributed by atoms with Gasteiger partial charge >= 0.3 is 0 Å². The van der Waals surface area contributed by atoms with E-state index in [9.17, 15) is 0 Å². The minimum absolute atomic E-state index is 0.656. The van der Waals surface area contributed by atoms with Gasteiger partial charge in [0.1, 0.15) is 5.82 Å². The second kappa shape index (κ2) is 3.87. The predicted molar refractivity (Wildman–Crippen MR) is 52.7 cm³/mol. The van der Waals surface area contributed by atoms with Crippen LogP contribution in [0.15, 0.2) is 24.4 Å². The number of nitrogens with zero attached hydrogens (tertiary/aromatic N) is 3. The van der Waals surface area contributed by atoms with Crippen LogP contribution in [0.5, 0.6) is 0 Å². The van der Waals surface area contributed by atoms with Gasteiger partial charge in [-0.15, -0.1) is 5.10 Å². The van der Waals surface area contributed by atoms with Gasteiger partial charge < -0.3 is 5.32 Å². The lowest BCUT2D eigenvalue weighted by atomic mass is 10.3. The molecule has 5 heteroatoms. The molecule has 0 aliphatic heterocycles. The van der Waals surface area contributed by atoms with E-state index >= 15 is 0 Å². The topological polar surface area (TPSA) is 66.5 Å². The standard InChI is InChI=1S/C9H11N5/c1-7-5-8(13-12-7)6-10-9-3-2-4-11-14-9/h2-5H,6H2,1H3,(H,10,14)(H,12,13). The van der Waals surface area contributed by atoms with Gasteiger partial charge in [0.05, 0.1) is 12.2 Å². The third-order valence-electron chi connectivity index (χ3n) is 1.78. The van der Waals surface area contributed by atoms with Crippen molar-refractivity contribution >= 4 is 5.82 Å². The molecule has 2 rings (SSSR count). The number of hydrogen-bond acceptors (Lipinski definition) is 4. The lowest BCUT2D eigenvalue weighted by molar-refractivity contribution is 0.946. The van der Waals surface area contributed by atoms with Gasteiger partial charge in [-0.3, -0.25) is 5.10 Å². The zero-order valence-electron chi connectivity index (χ0n) is 7.86. The molecule has 2 heterocycles. The molecule has 5 nitrogen and oxygen atoms in total. The van der Waals surface area contributed by atoms with Crippen molar-refractivity contribution in [2.24, 2.45) is 0 Å². The van der Waals surface area contributed by atoms with E-state index in [2.05, 4.69) is 25.7 Å². The number of nitrogens with one attached hydrogen (secondary N) is 2. The van der Waals surface area contributed by atoms with E-state index in [4.69, 9.17) is 0 Å². The molecule has 0 saturated heterocycles. The Labute approximate surface area is 81.6 Å². The van der Waals surface area contributed by atoms with Crippen LogP contribution in [-0.4, -0.2) is 20.4 Å². The van der Waals surface area contributed by atoms with Gasteiger partial charge in [0.15, 0.2) is 0 Å². The summed E-state index contributed by atoms with van der Waals surface area (Å²) in [7, 11) is 0. The maximum Gasteiger partial charge on any atom is 0.148 e. The zero-order valence-corrected chi connectivity index (χ0v) is 7.86. The van der Waals surface area contributed by atoms with E-state index in [1.807, 2.05) is 25.1 Å². The van der Waals surface area contributed by atoms with Gasteiger partial charge in [-0.05, 0) is 25.1 Å². The van der Waals surface area contributed by atoms with Crippen LogP contribution in [0.1, 0.15) is 11.4 Å². The first-order valence-corrected chi connectivity index (χ1v) is 4.37. The number of aromatic nitrogens is 4. The van der Waals surface area contributed by atoms with Crippen molar-refractivity contribution in [2.45, 2.75) is 13.5 Å². The number of H-pyrrole nitrogens is 1. The Morgan fingerprint density at radius 2 is 2.43 bits per heavy atom. The Morgan fingerprint density at radius 3 is 3.07 bits per heavy atom. The maximum absolute atomic E-state index is 4.10. The third kappa shape index (κ3) is 2.07. The van der Waals surface area contributed by atoms with Crippen LogP contribution in [0.25, 0.3) is 0 Å². The minimum Gasteiger partial charge on any atom is -0.363 e. The van der Waals surface area contributed by atoms with Crippen molar-refractivity contribution < 1.29 is 0 Å². The van der Waals surface area contributed by atoms with Gasteiger partial charge in [-0.25, -0.2) is 0 Å². The fraction of sp³-hybridized carbons (Fsp3) is 0.222. The first-order valence-electron chi connectivity index (χ1n) is 4.37. The van der Waals surface area contributed by atoms with Crippen molar-refractivity contribution in [3.8, 4) is 0 Å². The quantitative estimate of drug-likeness (QED) is 0.759. The molecule has 72 valence electrons. The van der Waals surface area contributed by atoms with E-state index in [-0.39, 0.29) is 0 Å². The van der Waals surface area contributed by atoms with E-state index in [0.717, 1.165) is 17.2 Å². The molecule has 0 unspecified atom stereocenters. The average molecular weight is 189 g/mol. The van der Waals surface area contributed by atoms with Crippen LogP contribution in [0.4, 0.5) is 5.82 Å². The lowest BCUT2D eigenvalue weighted by Gasteiger charge is -2.00. The second-order valence-electron chi connectivity index (χ2n) is 3.00. The first kappa shape index (κ1) is 8.68. The number of hydrogen-bond donors (Lipinski definition) is 2. The van der Waals surface area contributed by atoms with Crippen molar-refractivity contribution in [1.82, 2.24) is 20.4 Å². The highest BCUT2D eigenvalue weighted by Crippen LogP contribution is 2.02. The van der Waals surface area contributed by atoms with Crippen molar-refractivity contribution in [3.63, 3.8) is 0 Å². The molecule has 0 amide bonds. The molecule has 2 aromatic rings. The lowest BCUT2D eigenvalue weighted by Crippen LogP contribution is -2.01. The number of rotatable bonds is 3. The average Bonchev–Trinajstić information content (AvgIpc) is 2.63. The molecular formula is C9H11N5. The summed E-state index contributed by atoms with van der Waals surface area (Å²) in [5, 5.41) is 17.8. The summed E-state index contributed by atoms with van der Waals surface area (Å²) < 4.78 is 0. The molecule has 0 radical (unpaired) electrons. The van der Waals surface area contributed by atoms with Crippen LogP contribution < -0.4 is 5.32 Å². The minimum atomic E-state index is 0.656. The highest BCUT2D eigenvalue weighted by atomic mass is 15.2. The van der Waals surface area contributed by atoms with Crippen molar-refractivity contribution in [2.75, 3.05) is 5.32 Å². The maximum atomic E-state index is 4.10. The molecule has 2 aromatic heterocycles. The molecule has 0 atom stereocenters. The van der Waals surface area contributed by atoms with Gasteiger partial charge in [0, 0.05) is 11.9 Å². The van der Waals surface area contributed by atoms with Crippen LogP contribution in [0, 0.1) is 6.92 Å². The third-order valence-corrected chi connectivity index (χ3v) is 1.78. The Balaban J connectivity index is 1.95. The summed E-state index contributed by atoms with van der Waals surface area (Å²) in [6.07, 6.45) is 1.64. The largest absolute Gasteiger partial charge is 0.363 e. The highest BCUT2D eigenvalue weighted by Gasteiger charge is 1.97. The van der Waals surface area contributed by atoms with Gasteiger partial charge in [0.25, 0.3) is 0 Å². The Kier molecular flexibility index (Phi) is 2.40. The van der Waals surface area contributed by atoms with Crippen LogP contribution in [0.3, 0.4) is 0 Å².